The molecule has 3 N–H and O–H groups in total. The number of amides is 1. The van der Waals surface area contributed by atoms with Crippen molar-refractivity contribution in [2.24, 2.45) is 15.9 Å². The number of aliphatic imine (C=N–C) groups is 1. The average Bonchev–Trinajstić information content (AvgIpc) is 3.25. The van der Waals surface area contributed by atoms with E-state index in [1.165, 1.54) is 17.8 Å². The Morgan fingerprint density at radius 3 is 3.06 bits per heavy atom. The second-order valence-corrected chi connectivity index (χ2v) is 7.89. The summed E-state index contributed by atoms with van der Waals surface area (Å²) in [6.07, 6.45) is 3.69. The van der Waals surface area contributed by atoms with Crippen LogP contribution in [0.15, 0.2) is 44.1 Å². The molecule has 2 heterocycles. The lowest BCUT2D eigenvalue weighted by Gasteiger charge is -2.19. The lowest BCUT2D eigenvalue weighted by atomic mass is 10.1. The van der Waals surface area contributed by atoms with E-state index in [0.717, 1.165) is 12.8 Å². The molecule has 1 aliphatic heterocycles. The van der Waals surface area contributed by atoms with Crippen LogP contribution in [0.3, 0.4) is 0 Å². The Balaban J connectivity index is 2.07. The highest BCUT2D eigenvalue weighted by Crippen LogP contribution is 2.24. The summed E-state index contributed by atoms with van der Waals surface area (Å²) in [6.45, 7) is 8.61. The van der Waals surface area contributed by atoms with Crippen LogP contribution in [-0.4, -0.2) is 48.2 Å². The van der Waals surface area contributed by atoms with Crippen molar-refractivity contribution in [3.63, 3.8) is 0 Å². The molecule has 0 radical (unpaired) electrons. The van der Waals surface area contributed by atoms with Gasteiger partial charge in [0.25, 0.3) is 0 Å². The van der Waals surface area contributed by atoms with Crippen molar-refractivity contribution in [2.45, 2.75) is 45.2 Å². The highest BCUT2D eigenvalue weighted by molar-refractivity contribution is 8.16. The van der Waals surface area contributed by atoms with Crippen LogP contribution in [0.4, 0.5) is 0 Å². The van der Waals surface area contributed by atoms with E-state index in [-0.39, 0.29) is 12.5 Å². The van der Waals surface area contributed by atoms with Crippen LogP contribution in [0.1, 0.15) is 44.9 Å². The molecule has 1 aromatic rings. The molecular weight excluding hydrogens is 420 g/mol. The number of nitrogens with one attached hydrogen (secondary N) is 1. The first-order chi connectivity index (χ1) is 15.0. The molecule has 1 amide bonds. The minimum Gasteiger partial charge on any atom is -0.489 e. The minimum atomic E-state index is -0.555. The van der Waals surface area contributed by atoms with Crippen molar-refractivity contribution in [1.82, 2.24) is 5.32 Å². The van der Waals surface area contributed by atoms with Gasteiger partial charge in [-0.1, -0.05) is 31.2 Å². The molecule has 2 unspecified atom stereocenters. The second kappa shape index (κ2) is 13.0. The van der Waals surface area contributed by atoms with Crippen molar-refractivity contribution in [2.75, 3.05) is 25.5 Å². The molecule has 2 rings (SSSR count). The normalized spacial score (nSPS) is 17.1. The Hall–Kier alpha value is -2.59. The van der Waals surface area contributed by atoms with Crippen LogP contribution in [0, 0.1) is 0 Å². The Kier molecular flexibility index (Phi) is 10.3. The Labute approximate surface area is 186 Å². The molecule has 9 nitrogen and oxygen atoms in total. The van der Waals surface area contributed by atoms with Gasteiger partial charge in [-0.25, -0.2) is 4.79 Å². The molecule has 170 valence electrons. The van der Waals surface area contributed by atoms with Gasteiger partial charge in [-0.05, 0) is 26.3 Å². The zero-order valence-corrected chi connectivity index (χ0v) is 18.8. The summed E-state index contributed by atoms with van der Waals surface area (Å²) in [4.78, 5) is 34.4. The van der Waals surface area contributed by atoms with E-state index in [9.17, 15) is 9.59 Å². The van der Waals surface area contributed by atoms with Crippen LogP contribution < -0.4 is 21.4 Å². The Morgan fingerprint density at radius 2 is 2.35 bits per heavy atom. The first kappa shape index (κ1) is 24.7. The number of carbonyl (C=O) groups excluding carboxylic acids is 1. The third-order valence-corrected chi connectivity index (χ3v) is 5.43. The van der Waals surface area contributed by atoms with E-state index < -0.39 is 17.7 Å². The predicted octanol–water partition coefficient (Wildman–Crippen LogP) is 2.42. The number of carbonyl (C=O) groups is 1. The zero-order valence-electron chi connectivity index (χ0n) is 18.0. The number of rotatable bonds is 13. The zero-order chi connectivity index (χ0) is 22.6. The molecule has 1 aliphatic rings. The van der Waals surface area contributed by atoms with E-state index in [4.69, 9.17) is 19.7 Å². The van der Waals surface area contributed by atoms with Gasteiger partial charge in [-0.15, -0.1) is 11.8 Å². The van der Waals surface area contributed by atoms with E-state index in [2.05, 4.69) is 22.0 Å². The molecule has 0 aliphatic carbocycles. The van der Waals surface area contributed by atoms with Crippen LogP contribution >= 0.6 is 11.8 Å². The molecule has 10 heteroatoms. The van der Waals surface area contributed by atoms with Gasteiger partial charge in [0.15, 0.2) is 0 Å². The molecule has 0 saturated carbocycles. The number of oxime groups is 1. The third kappa shape index (κ3) is 7.87. The van der Waals surface area contributed by atoms with Crippen molar-refractivity contribution in [3.8, 4) is 5.75 Å². The first-order valence-electron chi connectivity index (χ1n) is 10.2. The summed E-state index contributed by atoms with van der Waals surface area (Å²) in [7, 11) is 0. The second-order valence-electron chi connectivity index (χ2n) is 6.88. The fourth-order valence-corrected chi connectivity index (χ4v) is 3.75. The van der Waals surface area contributed by atoms with Gasteiger partial charge in [0, 0.05) is 11.8 Å². The number of nitrogens with zero attached hydrogens (tertiary/aromatic N) is 2. The van der Waals surface area contributed by atoms with Gasteiger partial charge in [-0.2, -0.15) is 0 Å². The summed E-state index contributed by atoms with van der Waals surface area (Å²) in [5.41, 5.74) is 5.51. The van der Waals surface area contributed by atoms with E-state index in [1.807, 2.05) is 6.92 Å². The van der Waals surface area contributed by atoms with Crippen molar-refractivity contribution < 1.29 is 18.8 Å². The quantitative estimate of drug-likeness (QED) is 0.204. The highest BCUT2D eigenvalue weighted by atomic mass is 32.2. The lowest BCUT2D eigenvalue weighted by molar-refractivity contribution is -0.122. The number of ether oxygens (including phenoxy) is 1. The van der Waals surface area contributed by atoms with Crippen LogP contribution in [-0.2, 0) is 9.63 Å². The maximum atomic E-state index is 12.8. The van der Waals surface area contributed by atoms with Gasteiger partial charge in [-0.3, -0.25) is 9.79 Å². The van der Waals surface area contributed by atoms with Crippen LogP contribution in [0.5, 0.6) is 5.75 Å². The van der Waals surface area contributed by atoms with Crippen molar-refractivity contribution in [1.29, 1.82) is 0 Å². The van der Waals surface area contributed by atoms with Gasteiger partial charge in [0.05, 0.1) is 12.1 Å². The fraction of sp³-hybridized carbons (Fsp3) is 0.524. The first-order valence-corrected chi connectivity index (χ1v) is 11.2. The number of thioether (sulfide) groups is 1. The van der Waals surface area contributed by atoms with E-state index in [0.29, 0.717) is 47.6 Å². The predicted molar refractivity (Wildman–Crippen MR) is 123 cm³/mol. The monoisotopic (exact) mass is 450 g/mol. The Morgan fingerprint density at radius 1 is 1.55 bits per heavy atom. The molecular formula is C21H30N4O5S. The van der Waals surface area contributed by atoms with E-state index >= 15 is 0 Å². The topological polar surface area (TPSA) is 129 Å². The van der Waals surface area contributed by atoms with Crippen LogP contribution in [0.25, 0.3) is 0 Å². The molecule has 0 saturated heterocycles. The summed E-state index contributed by atoms with van der Waals surface area (Å²) in [6, 6.07) is 1.87. The minimum absolute atomic E-state index is 0.238. The summed E-state index contributed by atoms with van der Waals surface area (Å²) < 4.78 is 10.8. The highest BCUT2D eigenvalue weighted by Gasteiger charge is 2.29. The average molecular weight is 451 g/mol. The number of nitrogens with two attached hydrogens (primary N) is 1. The summed E-state index contributed by atoms with van der Waals surface area (Å²) in [5.74, 6) is 0.988. The summed E-state index contributed by atoms with van der Waals surface area (Å²) >= 11 is 1.45. The number of hydrogen-bond donors (Lipinski definition) is 2. The third-order valence-electron chi connectivity index (χ3n) is 4.27. The lowest BCUT2D eigenvalue weighted by Crippen LogP contribution is -2.37. The Bertz CT molecular complexity index is 868. The SMILES string of the molecule is C=CCOc1cc(C(CCC)NC(=O)C2CSC(/C(C)=N/OCCCN)=N2)oc(=O)c1. The molecule has 0 fully saturated rings. The van der Waals surface area contributed by atoms with Crippen molar-refractivity contribution in [3.05, 3.63) is 41.0 Å². The molecule has 0 spiro atoms. The maximum Gasteiger partial charge on any atom is 0.339 e. The van der Waals surface area contributed by atoms with Gasteiger partial charge >= 0.3 is 5.63 Å². The van der Waals surface area contributed by atoms with Crippen molar-refractivity contribution >= 4 is 28.4 Å². The molecule has 0 aromatic carbocycles. The smallest absolute Gasteiger partial charge is 0.339 e. The largest absolute Gasteiger partial charge is 0.489 e. The van der Waals surface area contributed by atoms with Gasteiger partial charge in [0.2, 0.25) is 5.91 Å². The maximum absolute atomic E-state index is 12.8. The van der Waals surface area contributed by atoms with E-state index in [1.54, 1.807) is 19.1 Å². The van der Waals surface area contributed by atoms with Crippen LogP contribution in [0.2, 0.25) is 0 Å². The standard InChI is InChI=1S/C21H30N4O5S/c1-4-7-16(18-11-15(28-9-5-2)12-19(26)30-18)23-20(27)17-13-31-21(24-17)14(3)25-29-10-6-8-22/h5,11-12,16-17H,2,4,6-10,13,22H2,1,3H3,(H,23,27)/b25-14+. The van der Waals surface area contributed by atoms with Gasteiger partial charge < -0.3 is 25.0 Å². The molecule has 0 bridgehead atoms. The molecule has 2 atom stereocenters. The molecule has 1 aromatic heterocycles. The number of hydrogen-bond acceptors (Lipinski definition) is 9. The fourth-order valence-electron chi connectivity index (χ4n) is 2.76. The summed E-state index contributed by atoms with van der Waals surface area (Å²) in [5, 5.41) is 7.65. The molecule has 31 heavy (non-hydrogen) atoms. The van der Waals surface area contributed by atoms with Gasteiger partial charge in [0.1, 0.15) is 41.5 Å².